The maximum atomic E-state index is 12.6. The number of benzene rings is 1. The lowest BCUT2D eigenvalue weighted by atomic mass is 10.1. The average Bonchev–Trinajstić information content (AvgIpc) is 3.05. The third kappa shape index (κ3) is 2.58. The van der Waals surface area contributed by atoms with Gasteiger partial charge in [0.15, 0.2) is 5.78 Å². The number of rotatable bonds is 4. The molecule has 110 valence electrons. The van der Waals surface area contributed by atoms with Crippen molar-refractivity contribution >= 4 is 50.2 Å². The van der Waals surface area contributed by atoms with Crippen LogP contribution in [0.4, 0.5) is 5.69 Å². The van der Waals surface area contributed by atoms with E-state index in [0.29, 0.717) is 17.0 Å². The molecule has 1 aliphatic heterocycles. The molecule has 3 rings (SSSR count). The molecule has 0 saturated carbocycles. The third-order valence-electron chi connectivity index (χ3n) is 3.36. The minimum absolute atomic E-state index is 0.158. The molecule has 0 N–H and O–H groups in total. The van der Waals surface area contributed by atoms with E-state index in [9.17, 15) is 9.59 Å². The van der Waals surface area contributed by atoms with Crippen LogP contribution in [0.1, 0.15) is 15.2 Å². The molecular weight excluding hydrogens is 362 g/mol. The Hall–Kier alpha value is -1.98. The van der Waals surface area contributed by atoms with Crippen molar-refractivity contribution in [1.29, 1.82) is 0 Å². The summed E-state index contributed by atoms with van der Waals surface area (Å²) in [5.41, 5.74) is 2.05. The van der Waals surface area contributed by atoms with E-state index in [2.05, 4.69) is 22.5 Å². The summed E-state index contributed by atoms with van der Waals surface area (Å²) in [5, 5.41) is 0. The fourth-order valence-corrected chi connectivity index (χ4v) is 3.70. The van der Waals surface area contributed by atoms with Crippen molar-refractivity contribution in [1.82, 2.24) is 0 Å². The Morgan fingerprint density at radius 2 is 2.05 bits per heavy atom. The van der Waals surface area contributed by atoms with Crippen molar-refractivity contribution in [3.8, 4) is 0 Å². The van der Waals surface area contributed by atoms with Gasteiger partial charge < -0.3 is 4.90 Å². The molecule has 1 aromatic heterocycles. The molecule has 0 radical (unpaired) electrons. The molecule has 1 aliphatic rings. The van der Waals surface area contributed by atoms with Gasteiger partial charge in [0.1, 0.15) is 0 Å². The first kappa shape index (κ1) is 14.9. The van der Waals surface area contributed by atoms with Crippen molar-refractivity contribution in [3.05, 3.63) is 69.4 Å². The lowest BCUT2D eigenvalue weighted by Crippen LogP contribution is -2.26. The second-order valence-electron chi connectivity index (χ2n) is 4.75. The number of halogens is 1. The number of hydrogen-bond acceptors (Lipinski definition) is 3. The highest BCUT2D eigenvalue weighted by Crippen LogP contribution is 2.36. The van der Waals surface area contributed by atoms with Crippen LogP contribution in [-0.4, -0.2) is 18.2 Å². The molecule has 0 aliphatic carbocycles. The first-order chi connectivity index (χ1) is 10.6. The van der Waals surface area contributed by atoms with Gasteiger partial charge in [-0.05, 0) is 34.1 Å². The molecule has 0 atom stereocenters. The molecule has 1 amide bonds. The Morgan fingerprint density at radius 1 is 1.27 bits per heavy atom. The van der Waals surface area contributed by atoms with Crippen molar-refractivity contribution in [2.75, 3.05) is 11.4 Å². The highest BCUT2D eigenvalue weighted by Gasteiger charge is 2.31. The summed E-state index contributed by atoms with van der Waals surface area (Å²) in [6.07, 6.45) is 3.11. The lowest BCUT2D eigenvalue weighted by molar-refractivity contribution is -0.112. The number of carbonyl (C=O) groups is 2. The van der Waals surface area contributed by atoms with Crippen molar-refractivity contribution in [2.24, 2.45) is 0 Å². The van der Waals surface area contributed by atoms with Crippen LogP contribution in [0.15, 0.2) is 58.9 Å². The van der Waals surface area contributed by atoms with Crippen LogP contribution in [0.2, 0.25) is 0 Å². The predicted octanol–water partition coefficient (Wildman–Crippen LogP) is 4.31. The van der Waals surface area contributed by atoms with Gasteiger partial charge in [-0.2, -0.15) is 0 Å². The second-order valence-corrected chi connectivity index (χ2v) is 7.21. The molecule has 22 heavy (non-hydrogen) atoms. The molecule has 0 unspecified atom stereocenters. The smallest absolute Gasteiger partial charge is 0.259 e. The molecule has 0 saturated heterocycles. The molecule has 1 aromatic carbocycles. The van der Waals surface area contributed by atoms with E-state index >= 15 is 0 Å². The topological polar surface area (TPSA) is 37.4 Å². The van der Waals surface area contributed by atoms with E-state index in [0.717, 1.165) is 15.0 Å². The number of nitrogens with zero attached hydrogens (tertiary/aromatic N) is 1. The third-order valence-corrected chi connectivity index (χ3v) is 5.00. The van der Waals surface area contributed by atoms with Gasteiger partial charge in [-0.3, -0.25) is 9.59 Å². The minimum Gasteiger partial charge on any atom is -0.304 e. The number of fused-ring (bicyclic) bond motifs is 1. The average molecular weight is 374 g/mol. The van der Waals surface area contributed by atoms with E-state index in [4.69, 9.17) is 0 Å². The van der Waals surface area contributed by atoms with E-state index in [1.807, 2.05) is 30.3 Å². The Labute approximate surface area is 140 Å². The van der Waals surface area contributed by atoms with Crippen LogP contribution in [0.5, 0.6) is 0 Å². The number of para-hydroxylation sites is 1. The fourth-order valence-electron chi connectivity index (χ4n) is 2.41. The number of amides is 1. The molecular formula is C17H12BrNO2S. The molecule has 3 nitrogen and oxygen atoms in total. The Kier molecular flexibility index (Phi) is 4.09. The molecule has 2 aromatic rings. The summed E-state index contributed by atoms with van der Waals surface area (Å²) in [6, 6.07) is 11.1. The van der Waals surface area contributed by atoms with Gasteiger partial charge >= 0.3 is 0 Å². The van der Waals surface area contributed by atoms with Crippen molar-refractivity contribution in [3.63, 3.8) is 0 Å². The Morgan fingerprint density at radius 3 is 2.73 bits per heavy atom. The number of allylic oxidation sites excluding steroid dienone is 1. The van der Waals surface area contributed by atoms with Gasteiger partial charge in [0.05, 0.1) is 19.9 Å². The summed E-state index contributed by atoms with van der Waals surface area (Å²) in [4.78, 5) is 27.2. The number of carbonyl (C=O) groups excluding carboxylic acids is 2. The number of thiophene rings is 1. The van der Waals surface area contributed by atoms with Crippen LogP contribution in [0.25, 0.3) is 5.57 Å². The molecule has 0 fully saturated rings. The lowest BCUT2D eigenvalue weighted by Gasteiger charge is -2.13. The summed E-state index contributed by atoms with van der Waals surface area (Å²) >= 11 is 4.69. The largest absolute Gasteiger partial charge is 0.304 e. The first-order valence-corrected chi connectivity index (χ1v) is 8.26. The van der Waals surface area contributed by atoms with E-state index in [-0.39, 0.29) is 11.7 Å². The Bertz CT molecular complexity index is 806. The van der Waals surface area contributed by atoms with E-state index in [1.165, 1.54) is 17.4 Å². The van der Waals surface area contributed by atoms with Crippen LogP contribution in [-0.2, 0) is 4.79 Å². The zero-order valence-electron chi connectivity index (χ0n) is 11.6. The van der Waals surface area contributed by atoms with Gasteiger partial charge in [0.2, 0.25) is 0 Å². The molecule has 0 bridgehead atoms. The maximum absolute atomic E-state index is 12.6. The zero-order valence-corrected chi connectivity index (χ0v) is 14.0. The maximum Gasteiger partial charge on any atom is 0.259 e. The monoisotopic (exact) mass is 373 g/mol. The van der Waals surface area contributed by atoms with Gasteiger partial charge in [-0.25, -0.2) is 0 Å². The van der Waals surface area contributed by atoms with Crippen LogP contribution < -0.4 is 4.90 Å². The minimum atomic E-state index is -0.162. The highest BCUT2D eigenvalue weighted by molar-refractivity contribution is 9.11. The summed E-state index contributed by atoms with van der Waals surface area (Å²) in [6.45, 7) is 4.11. The van der Waals surface area contributed by atoms with E-state index < -0.39 is 0 Å². The number of anilines is 1. The quantitative estimate of drug-likeness (QED) is 0.454. The number of hydrogen-bond donors (Lipinski definition) is 0. The first-order valence-electron chi connectivity index (χ1n) is 6.65. The summed E-state index contributed by atoms with van der Waals surface area (Å²) < 4.78 is 0.890. The van der Waals surface area contributed by atoms with Gasteiger partial charge in [-0.15, -0.1) is 17.9 Å². The van der Waals surface area contributed by atoms with Crippen molar-refractivity contribution < 1.29 is 9.59 Å². The Balaban J connectivity index is 2.03. The fraction of sp³-hybridized carbons (Fsp3) is 0.0588. The van der Waals surface area contributed by atoms with E-state index in [1.54, 1.807) is 17.0 Å². The van der Waals surface area contributed by atoms with Gasteiger partial charge in [0, 0.05) is 18.2 Å². The normalized spacial score (nSPS) is 15.2. The van der Waals surface area contributed by atoms with Gasteiger partial charge in [0.25, 0.3) is 5.91 Å². The SMILES string of the molecule is C=CCN1C(=O)C(=CC(=O)c2ccc(Br)s2)c2ccccc21. The highest BCUT2D eigenvalue weighted by atomic mass is 79.9. The summed E-state index contributed by atoms with van der Waals surface area (Å²) in [5.74, 6) is -0.320. The van der Waals surface area contributed by atoms with Gasteiger partial charge in [-0.1, -0.05) is 24.3 Å². The standard InChI is InChI=1S/C17H12BrNO2S/c1-2-9-19-13-6-4-3-5-11(13)12(17(19)21)10-14(20)15-7-8-16(18)22-15/h2-8,10H,1,9H2. The van der Waals surface area contributed by atoms with Crippen molar-refractivity contribution in [2.45, 2.75) is 0 Å². The second kappa shape index (κ2) is 6.02. The molecule has 0 spiro atoms. The zero-order chi connectivity index (χ0) is 15.7. The van der Waals surface area contributed by atoms with Crippen LogP contribution >= 0.6 is 27.3 Å². The summed E-state index contributed by atoms with van der Waals surface area (Å²) in [7, 11) is 0. The molecule has 2 heterocycles. The molecule has 5 heteroatoms. The van der Waals surface area contributed by atoms with Crippen LogP contribution in [0.3, 0.4) is 0 Å². The number of ketones is 1. The van der Waals surface area contributed by atoms with Crippen LogP contribution in [0, 0.1) is 0 Å². The predicted molar refractivity (Wildman–Crippen MR) is 93.3 cm³/mol.